The van der Waals surface area contributed by atoms with Crippen LogP contribution in [0.3, 0.4) is 0 Å². The third kappa shape index (κ3) is 6.49. The fraction of sp³-hybridized carbons (Fsp3) is 1.00. The summed E-state index contributed by atoms with van der Waals surface area (Å²) in [7, 11) is 0. The van der Waals surface area contributed by atoms with Gasteiger partial charge in [0.2, 0.25) is 0 Å². The predicted molar refractivity (Wildman–Crippen MR) is 69.4 cm³/mol. The van der Waals surface area contributed by atoms with E-state index >= 15 is 0 Å². The molecule has 0 radical (unpaired) electrons. The van der Waals surface area contributed by atoms with E-state index in [4.69, 9.17) is 0 Å². The second-order valence-corrected chi connectivity index (χ2v) is 5.30. The zero-order chi connectivity index (χ0) is 12.6. The van der Waals surface area contributed by atoms with Crippen molar-refractivity contribution in [3.8, 4) is 0 Å². The van der Waals surface area contributed by atoms with Crippen molar-refractivity contribution in [2.75, 3.05) is 0 Å². The molecule has 0 aliphatic rings. The smallest absolute Gasteiger partial charge is 0.0821 e. The normalized spacial score (nSPS) is 17.4. The summed E-state index contributed by atoms with van der Waals surface area (Å²) in [5, 5.41) is 19.5. The lowest BCUT2D eigenvalue weighted by Gasteiger charge is -2.23. The average Bonchev–Trinajstić information content (AvgIpc) is 2.27. The fourth-order valence-corrected chi connectivity index (χ4v) is 2.07. The molecule has 2 N–H and O–H groups in total. The molecule has 0 aromatic rings. The van der Waals surface area contributed by atoms with Gasteiger partial charge in [-0.3, -0.25) is 0 Å². The van der Waals surface area contributed by atoms with E-state index in [9.17, 15) is 10.2 Å². The van der Waals surface area contributed by atoms with Crippen LogP contribution in [0.1, 0.15) is 66.2 Å². The van der Waals surface area contributed by atoms with E-state index in [2.05, 4.69) is 13.8 Å². The molecular weight excluding hydrogens is 200 g/mol. The summed E-state index contributed by atoms with van der Waals surface area (Å²) in [4.78, 5) is 0. The number of rotatable bonds is 9. The van der Waals surface area contributed by atoms with Crippen molar-refractivity contribution in [1.29, 1.82) is 0 Å². The second kappa shape index (κ2) is 9.00. The van der Waals surface area contributed by atoms with Gasteiger partial charge in [0.1, 0.15) is 0 Å². The standard InChI is InChI=1S/C14H30O2/c1-5-7-8-12(6-2)9-10-13(15)14(16)11(3)4/h11-16H,5-10H2,1-4H3/t12-,13+,14-/m1/s1. The number of hydrogen-bond donors (Lipinski definition) is 2. The van der Waals surface area contributed by atoms with Gasteiger partial charge in [-0.15, -0.1) is 0 Å². The first-order valence-electron chi connectivity index (χ1n) is 6.88. The zero-order valence-electron chi connectivity index (χ0n) is 11.4. The highest BCUT2D eigenvalue weighted by molar-refractivity contribution is 4.71. The molecule has 16 heavy (non-hydrogen) atoms. The molecule has 0 aliphatic heterocycles. The number of unbranched alkanes of at least 4 members (excludes halogenated alkanes) is 1. The molecule has 2 heteroatoms. The Morgan fingerprint density at radius 1 is 0.938 bits per heavy atom. The molecular formula is C14H30O2. The molecule has 3 atom stereocenters. The zero-order valence-corrected chi connectivity index (χ0v) is 11.4. The van der Waals surface area contributed by atoms with Gasteiger partial charge in [0.15, 0.2) is 0 Å². The van der Waals surface area contributed by atoms with Crippen LogP contribution in [0.25, 0.3) is 0 Å². The molecule has 0 spiro atoms. The molecule has 0 amide bonds. The van der Waals surface area contributed by atoms with Crippen LogP contribution in [0.15, 0.2) is 0 Å². The quantitative estimate of drug-likeness (QED) is 0.637. The number of hydrogen-bond acceptors (Lipinski definition) is 2. The Labute approximate surface area is 101 Å². The number of aliphatic hydroxyl groups excluding tert-OH is 2. The van der Waals surface area contributed by atoms with E-state index in [0.29, 0.717) is 5.92 Å². The van der Waals surface area contributed by atoms with Crippen molar-refractivity contribution in [3.63, 3.8) is 0 Å². The van der Waals surface area contributed by atoms with E-state index < -0.39 is 12.2 Å². The minimum Gasteiger partial charge on any atom is -0.390 e. The third-order valence-corrected chi connectivity index (χ3v) is 3.49. The first-order valence-corrected chi connectivity index (χ1v) is 6.88. The van der Waals surface area contributed by atoms with Gasteiger partial charge < -0.3 is 10.2 Å². The maximum atomic E-state index is 9.81. The van der Waals surface area contributed by atoms with Crippen LogP contribution in [0.5, 0.6) is 0 Å². The van der Waals surface area contributed by atoms with Crippen molar-refractivity contribution < 1.29 is 10.2 Å². The Hall–Kier alpha value is -0.0800. The average molecular weight is 230 g/mol. The van der Waals surface area contributed by atoms with Gasteiger partial charge >= 0.3 is 0 Å². The van der Waals surface area contributed by atoms with E-state index in [1.54, 1.807) is 0 Å². The first kappa shape index (κ1) is 15.9. The predicted octanol–water partition coefficient (Wildman–Crippen LogP) is 3.36. The van der Waals surface area contributed by atoms with Gasteiger partial charge in [-0.25, -0.2) is 0 Å². The maximum absolute atomic E-state index is 9.81. The van der Waals surface area contributed by atoms with Crippen LogP contribution >= 0.6 is 0 Å². The fourth-order valence-electron chi connectivity index (χ4n) is 2.07. The van der Waals surface area contributed by atoms with E-state index in [1.807, 2.05) is 13.8 Å². The summed E-state index contributed by atoms with van der Waals surface area (Å²) >= 11 is 0. The Morgan fingerprint density at radius 3 is 2.00 bits per heavy atom. The topological polar surface area (TPSA) is 40.5 Å². The summed E-state index contributed by atoms with van der Waals surface area (Å²) in [6.45, 7) is 8.32. The molecule has 0 unspecified atom stereocenters. The second-order valence-electron chi connectivity index (χ2n) is 5.30. The summed E-state index contributed by atoms with van der Waals surface area (Å²) < 4.78 is 0. The molecule has 0 heterocycles. The monoisotopic (exact) mass is 230 g/mol. The summed E-state index contributed by atoms with van der Waals surface area (Å²) in [5.41, 5.74) is 0. The van der Waals surface area contributed by atoms with Crippen LogP contribution in [0, 0.1) is 11.8 Å². The number of aliphatic hydroxyl groups is 2. The maximum Gasteiger partial charge on any atom is 0.0821 e. The van der Waals surface area contributed by atoms with Gasteiger partial charge in [-0.2, -0.15) is 0 Å². The Kier molecular flexibility index (Phi) is 8.96. The largest absolute Gasteiger partial charge is 0.390 e. The minimum absolute atomic E-state index is 0.144. The lowest BCUT2D eigenvalue weighted by atomic mass is 9.90. The van der Waals surface area contributed by atoms with E-state index in [0.717, 1.165) is 12.8 Å². The van der Waals surface area contributed by atoms with Gasteiger partial charge in [-0.1, -0.05) is 53.4 Å². The Balaban J connectivity index is 3.82. The van der Waals surface area contributed by atoms with Crippen LogP contribution < -0.4 is 0 Å². The van der Waals surface area contributed by atoms with Crippen LogP contribution in [-0.4, -0.2) is 22.4 Å². The van der Waals surface area contributed by atoms with Gasteiger partial charge in [-0.05, 0) is 24.7 Å². The SMILES string of the molecule is CCCC[C@@H](CC)CC[C@H](O)[C@H](O)C(C)C. The first-order chi connectivity index (χ1) is 7.52. The van der Waals surface area contributed by atoms with Crippen molar-refractivity contribution in [2.24, 2.45) is 11.8 Å². The molecule has 0 rings (SSSR count). The van der Waals surface area contributed by atoms with Crippen LogP contribution in [0.4, 0.5) is 0 Å². The lowest BCUT2D eigenvalue weighted by molar-refractivity contribution is -0.0152. The summed E-state index contributed by atoms with van der Waals surface area (Å²) in [6, 6.07) is 0. The van der Waals surface area contributed by atoms with Gasteiger partial charge in [0, 0.05) is 0 Å². The molecule has 0 aromatic carbocycles. The van der Waals surface area contributed by atoms with E-state index in [-0.39, 0.29) is 5.92 Å². The molecule has 0 aliphatic carbocycles. The minimum atomic E-state index is -0.566. The van der Waals surface area contributed by atoms with Crippen LogP contribution in [0.2, 0.25) is 0 Å². The molecule has 0 bridgehead atoms. The molecule has 98 valence electrons. The van der Waals surface area contributed by atoms with Gasteiger partial charge in [0.05, 0.1) is 12.2 Å². The molecule has 0 saturated heterocycles. The third-order valence-electron chi connectivity index (χ3n) is 3.49. The molecule has 0 aromatic heterocycles. The molecule has 0 fully saturated rings. The lowest BCUT2D eigenvalue weighted by Crippen LogP contribution is -2.31. The molecule has 2 nitrogen and oxygen atoms in total. The van der Waals surface area contributed by atoms with Crippen molar-refractivity contribution in [3.05, 3.63) is 0 Å². The van der Waals surface area contributed by atoms with E-state index in [1.165, 1.54) is 25.7 Å². The van der Waals surface area contributed by atoms with Crippen molar-refractivity contribution in [1.82, 2.24) is 0 Å². The van der Waals surface area contributed by atoms with Crippen molar-refractivity contribution in [2.45, 2.75) is 78.4 Å². The van der Waals surface area contributed by atoms with Gasteiger partial charge in [0.25, 0.3) is 0 Å². The van der Waals surface area contributed by atoms with Crippen molar-refractivity contribution >= 4 is 0 Å². The highest BCUT2D eigenvalue weighted by Gasteiger charge is 2.20. The Morgan fingerprint density at radius 2 is 1.56 bits per heavy atom. The summed E-state index contributed by atoms with van der Waals surface area (Å²) in [6.07, 6.45) is 5.64. The van der Waals surface area contributed by atoms with Crippen LogP contribution in [-0.2, 0) is 0 Å². The summed E-state index contributed by atoms with van der Waals surface area (Å²) in [5.74, 6) is 0.861. The highest BCUT2D eigenvalue weighted by Crippen LogP contribution is 2.21. The highest BCUT2D eigenvalue weighted by atomic mass is 16.3. The Bertz CT molecular complexity index is 157. The molecule has 0 saturated carbocycles.